The first-order chi connectivity index (χ1) is 7.64. The fourth-order valence-electron chi connectivity index (χ4n) is 1.16. The van der Waals surface area contributed by atoms with Crippen LogP contribution in [0.1, 0.15) is 12.8 Å². The van der Waals surface area contributed by atoms with E-state index >= 15 is 0 Å². The molecule has 0 aromatic carbocycles. The molecule has 0 atom stereocenters. The Morgan fingerprint density at radius 1 is 1.38 bits per heavy atom. The number of rotatable bonds is 7. The van der Waals surface area contributed by atoms with Crippen molar-refractivity contribution in [2.45, 2.75) is 12.8 Å². The van der Waals surface area contributed by atoms with Crippen molar-refractivity contribution in [2.24, 2.45) is 0 Å². The van der Waals surface area contributed by atoms with E-state index in [4.69, 9.17) is 0 Å². The Bertz CT molecular complexity index is 393. The molecule has 0 aliphatic rings. The SMILES string of the molecule is CNCCCCS(=O)(=O)Nc1cccnn1. The van der Waals surface area contributed by atoms with E-state index in [1.807, 2.05) is 7.05 Å². The number of hydrogen-bond donors (Lipinski definition) is 2. The predicted molar refractivity (Wildman–Crippen MR) is 62.6 cm³/mol. The second-order valence-electron chi connectivity index (χ2n) is 3.34. The molecule has 90 valence electrons. The minimum Gasteiger partial charge on any atom is -0.320 e. The van der Waals surface area contributed by atoms with E-state index < -0.39 is 10.0 Å². The fourth-order valence-corrected chi connectivity index (χ4v) is 2.27. The molecule has 0 aliphatic heterocycles. The van der Waals surface area contributed by atoms with E-state index in [0.717, 1.165) is 13.0 Å². The first kappa shape index (κ1) is 12.9. The zero-order chi connectivity index (χ0) is 11.9. The standard InChI is InChI=1S/C9H16N4O2S/c1-10-6-2-3-8-16(14,15)13-9-5-4-7-11-12-9/h4-5,7,10H,2-3,6,8H2,1H3,(H,12,13). The van der Waals surface area contributed by atoms with Crippen LogP contribution >= 0.6 is 0 Å². The Labute approximate surface area is 95.5 Å². The van der Waals surface area contributed by atoms with Gasteiger partial charge in [0.05, 0.1) is 5.75 Å². The van der Waals surface area contributed by atoms with Gasteiger partial charge in [0, 0.05) is 6.20 Å². The van der Waals surface area contributed by atoms with Crippen LogP contribution in [-0.2, 0) is 10.0 Å². The van der Waals surface area contributed by atoms with Crippen molar-refractivity contribution in [1.82, 2.24) is 15.5 Å². The molecule has 16 heavy (non-hydrogen) atoms. The lowest BCUT2D eigenvalue weighted by atomic mass is 10.3. The van der Waals surface area contributed by atoms with Crippen LogP contribution in [0, 0.1) is 0 Å². The molecule has 0 saturated heterocycles. The van der Waals surface area contributed by atoms with E-state index in [1.165, 1.54) is 6.20 Å². The van der Waals surface area contributed by atoms with Crippen LogP contribution in [-0.4, -0.2) is 38.0 Å². The van der Waals surface area contributed by atoms with E-state index in [-0.39, 0.29) is 11.6 Å². The molecular weight excluding hydrogens is 228 g/mol. The maximum Gasteiger partial charge on any atom is 0.233 e. The third-order valence-electron chi connectivity index (χ3n) is 1.92. The van der Waals surface area contributed by atoms with E-state index in [0.29, 0.717) is 6.42 Å². The minimum absolute atomic E-state index is 0.102. The van der Waals surface area contributed by atoms with Crippen molar-refractivity contribution in [3.05, 3.63) is 18.3 Å². The van der Waals surface area contributed by atoms with Crippen molar-refractivity contribution in [2.75, 3.05) is 24.1 Å². The lowest BCUT2D eigenvalue weighted by molar-refractivity contribution is 0.594. The Kier molecular flexibility index (Phi) is 5.13. The molecule has 0 amide bonds. The maximum absolute atomic E-state index is 11.6. The molecule has 0 bridgehead atoms. The Balaban J connectivity index is 2.40. The van der Waals surface area contributed by atoms with Crippen LogP contribution in [0.15, 0.2) is 18.3 Å². The van der Waals surface area contributed by atoms with Gasteiger partial charge in [-0.25, -0.2) is 8.42 Å². The highest BCUT2D eigenvalue weighted by molar-refractivity contribution is 7.92. The average molecular weight is 244 g/mol. The second kappa shape index (κ2) is 6.39. The van der Waals surface area contributed by atoms with Crippen LogP contribution in [0.3, 0.4) is 0 Å². The lowest BCUT2D eigenvalue weighted by Crippen LogP contribution is -2.18. The van der Waals surface area contributed by atoms with Crippen molar-refractivity contribution in [1.29, 1.82) is 0 Å². The van der Waals surface area contributed by atoms with Crippen molar-refractivity contribution < 1.29 is 8.42 Å². The highest BCUT2D eigenvalue weighted by Gasteiger charge is 2.10. The molecule has 0 radical (unpaired) electrons. The molecule has 0 unspecified atom stereocenters. The molecule has 0 fully saturated rings. The summed E-state index contributed by atoms with van der Waals surface area (Å²) in [4.78, 5) is 0. The average Bonchev–Trinajstić information content (AvgIpc) is 2.25. The van der Waals surface area contributed by atoms with Crippen molar-refractivity contribution >= 4 is 15.8 Å². The molecule has 1 aromatic heterocycles. The normalized spacial score (nSPS) is 11.3. The topological polar surface area (TPSA) is 84.0 Å². The van der Waals surface area contributed by atoms with E-state index in [2.05, 4.69) is 20.2 Å². The number of nitrogens with one attached hydrogen (secondary N) is 2. The first-order valence-corrected chi connectivity index (χ1v) is 6.72. The van der Waals surface area contributed by atoms with E-state index in [1.54, 1.807) is 12.1 Å². The highest BCUT2D eigenvalue weighted by Crippen LogP contribution is 2.04. The molecule has 0 aliphatic carbocycles. The van der Waals surface area contributed by atoms with Crippen molar-refractivity contribution in [3.63, 3.8) is 0 Å². The van der Waals surface area contributed by atoms with Crippen LogP contribution in [0.5, 0.6) is 0 Å². The largest absolute Gasteiger partial charge is 0.320 e. The fraction of sp³-hybridized carbons (Fsp3) is 0.556. The van der Waals surface area contributed by atoms with Crippen LogP contribution in [0.2, 0.25) is 0 Å². The van der Waals surface area contributed by atoms with Crippen LogP contribution < -0.4 is 10.0 Å². The molecular formula is C9H16N4O2S. The molecule has 1 aromatic rings. The first-order valence-electron chi connectivity index (χ1n) is 5.07. The molecule has 0 saturated carbocycles. The Morgan fingerprint density at radius 2 is 2.19 bits per heavy atom. The maximum atomic E-state index is 11.6. The number of anilines is 1. The molecule has 2 N–H and O–H groups in total. The Hall–Kier alpha value is -1.21. The van der Waals surface area contributed by atoms with Gasteiger partial charge < -0.3 is 5.32 Å². The van der Waals surface area contributed by atoms with Gasteiger partial charge in [-0.3, -0.25) is 4.72 Å². The summed E-state index contributed by atoms with van der Waals surface area (Å²) in [7, 11) is -1.46. The zero-order valence-corrected chi connectivity index (χ0v) is 10.00. The van der Waals surface area contributed by atoms with Gasteiger partial charge in [0.25, 0.3) is 0 Å². The number of aromatic nitrogens is 2. The summed E-state index contributed by atoms with van der Waals surface area (Å²) in [5.74, 6) is 0.363. The summed E-state index contributed by atoms with van der Waals surface area (Å²) in [5.41, 5.74) is 0. The van der Waals surface area contributed by atoms with Gasteiger partial charge >= 0.3 is 0 Å². The minimum atomic E-state index is -3.30. The van der Waals surface area contributed by atoms with E-state index in [9.17, 15) is 8.42 Å². The number of unbranched alkanes of at least 4 members (excludes halogenated alkanes) is 1. The summed E-state index contributed by atoms with van der Waals surface area (Å²) in [6.07, 6.45) is 2.94. The quantitative estimate of drug-likeness (QED) is 0.670. The molecule has 0 spiro atoms. The smallest absolute Gasteiger partial charge is 0.233 e. The van der Waals surface area contributed by atoms with Gasteiger partial charge in [-0.1, -0.05) is 0 Å². The molecule has 1 heterocycles. The van der Waals surface area contributed by atoms with Gasteiger partial charge in [-0.15, -0.1) is 5.10 Å². The van der Waals surface area contributed by atoms with Gasteiger partial charge in [-0.05, 0) is 38.6 Å². The Morgan fingerprint density at radius 3 is 2.81 bits per heavy atom. The number of sulfonamides is 1. The third kappa shape index (κ3) is 5.04. The lowest BCUT2D eigenvalue weighted by Gasteiger charge is -2.05. The van der Waals surface area contributed by atoms with Gasteiger partial charge in [0.15, 0.2) is 5.82 Å². The molecule has 6 nitrogen and oxygen atoms in total. The van der Waals surface area contributed by atoms with Crippen molar-refractivity contribution in [3.8, 4) is 0 Å². The summed E-state index contributed by atoms with van der Waals surface area (Å²) >= 11 is 0. The summed E-state index contributed by atoms with van der Waals surface area (Å²) in [5, 5.41) is 10.2. The van der Waals surface area contributed by atoms with Gasteiger partial charge in [-0.2, -0.15) is 5.10 Å². The van der Waals surface area contributed by atoms with Crippen LogP contribution in [0.25, 0.3) is 0 Å². The monoisotopic (exact) mass is 244 g/mol. The molecule has 1 rings (SSSR count). The zero-order valence-electron chi connectivity index (χ0n) is 9.18. The predicted octanol–water partition coefficient (Wildman–Crippen LogP) is 0.218. The summed E-state index contributed by atoms with van der Waals surface area (Å²) in [6, 6.07) is 3.20. The molecule has 7 heteroatoms. The number of nitrogens with zero attached hydrogens (tertiary/aromatic N) is 2. The summed E-state index contributed by atoms with van der Waals surface area (Å²) < 4.78 is 25.5. The second-order valence-corrected chi connectivity index (χ2v) is 5.18. The number of hydrogen-bond acceptors (Lipinski definition) is 5. The highest BCUT2D eigenvalue weighted by atomic mass is 32.2. The summed E-state index contributed by atoms with van der Waals surface area (Å²) in [6.45, 7) is 0.820. The van der Waals surface area contributed by atoms with Gasteiger partial charge in [0.2, 0.25) is 10.0 Å². The third-order valence-corrected chi connectivity index (χ3v) is 3.27. The van der Waals surface area contributed by atoms with Crippen LogP contribution in [0.4, 0.5) is 5.82 Å². The van der Waals surface area contributed by atoms with Gasteiger partial charge in [0.1, 0.15) is 0 Å².